The molecule has 1 aromatic rings. The van der Waals surface area contributed by atoms with E-state index in [1.807, 2.05) is 32.0 Å². The Morgan fingerprint density at radius 2 is 1.92 bits per heavy atom. The molecule has 128 valence electrons. The van der Waals surface area contributed by atoms with Gasteiger partial charge in [0.1, 0.15) is 0 Å². The summed E-state index contributed by atoms with van der Waals surface area (Å²) in [4.78, 5) is 30.6. The summed E-state index contributed by atoms with van der Waals surface area (Å²) in [5.74, 6) is 3.73. The quantitative estimate of drug-likeness (QED) is 0.509. The van der Waals surface area contributed by atoms with Crippen LogP contribution in [-0.4, -0.2) is 29.9 Å². The van der Waals surface area contributed by atoms with Crippen molar-refractivity contribution in [3.63, 3.8) is 0 Å². The van der Waals surface area contributed by atoms with Gasteiger partial charge < -0.3 is 4.84 Å². The molecule has 2 amide bonds. The van der Waals surface area contributed by atoms with E-state index in [9.17, 15) is 9.59 Å². The summed E-state index contributed by atoms with van der Waals surface area (Å²) in [6, 6.07) is 5.82. The van der Waals surface area contributed by atoms with Crippen LogP contribution in [0, 0.1) is 19.8 Å². The number of aryl methyl sites for hydroxylation is 2. The van der Waals surface area contributed by atoms with Gasteiger partial charge in [0.15, 0.2) is 5.70 Å². The van der Waals surface area contributed by atoms with Crippen LogP contribution in [0.4, 0.5) is 5.69 Å². The molecule has 0 spiro atoms. The smallest absolute Gasteiger partial charge is 0.280 e. The van der Waals surface area contributed by atoms with Crippen molar-refractivity contribution in [2.75, 3.05) is 13.2 Å². The lowest BCUT2D eigenvalue weighted by Crippen LogP contribution is -2.47. The van der Waals surface area contributed by atoms with Crippen LogP contribution in [0.2, 0.25) is 0 Å². The van der Waals surface area contributed by atoms with Crippen molar-refractivity contribution >= 4 is 17.5 Å². The van der Waals surface area contributed by atoms with E-state index in [0.717, 1.165) is 16.0 Å². The number of hydrogen-bond acceptors (Lipinski definition) is 6. The molecule has 0 radical (unpaired) electrons. The molecule has 1 unspecified atom stereocenters. The molecule has 24 heavy (non-hydrogen) atoms. The Balaban J connectivity index is 2.44. The number of rotatable bonds is 5. The normalized spacial score (nSPS) is 18.9. The van der Waals surface area contributed by atoms with Crippen molar-refractivity contribution in [3.8, 4) is 0 Å². The first-order valence-corrected chi connectivity index (χ1v) is 7.77. The minimum absolute atomic E-state index is 0.00304. The van der Waals surface area contributed by atoms with Gasteiger partial charge >= 0.3 is 0 Å². The fraction of sp³-hybridized carbons (Fsp3) is 0.412. The van der Waals surface area contributed by atoms with Gasteiger partial charge in [-0.15, -0.1) is 5.11 Å². The second kappa shape index (κ2) is 7.46. The van der Waals surface area contributed by atoms with E-state index in [0.29, 0.717) is 11.3 Å². The first-order chi connectivity index (χ1) is 11.4. The van der Waals surface area contributed by atoms with Gasteiger partial charge in [-0.25, -0.2) is 5.90 Å². The second-order valence-electron chi connectivity index (χ2n) is 5.80. The third-order valence-electron chi connectivity index (χ3n) is 4.11. The molecule has 7 nitrogen and oxygen atoms in total. The van der Waals surface area contributed by atoms with Gasteiger partial charge in [0.25, 0.3) is 5.91 Å². The first-order valence-electron chi connectivity index (χ1n) is 7.77. The number of carbonyl (C=O) groups excluding carboxylic acids is 2. The Bertz CT molecular complexity index is 725. The van der Waals surface area contributed by atoms with E-state index in [1.165, 1.54) is 0 Å². The third-order valence-corrected chi connectivity index (χ3v) is 4.11. The third kappa shape index (κ3) is 3.42. The van der Waals surface area contributed by atoms with Gasteiger partial charge in [-0.3, -0.25) is 14.5 Å². The molecule has 0 fully saturated rings. The molecule has 0 saturated heterocycles. The van der Waals surface area contributed by atoms with Crippen molar-refractivity contribution in [1.82, 2.24) is 4.90 Å². The zero-order chi connectivity index (χ0) is 17.9. The number of benzene rings is 1. The summed E-state index contributed by atoms with van der Waals surface area (Å²) in [6.45, 7) is 7.55. The maximum absolute atomic E-state index is 12.5. The summed E-state index contributed by atoms with van der Waals surface area (Å²) in [5, 5.41) is 8.36. The average Bonchev–Trinajstić information content (AvgIpc) is 2.55. The summed E-state index contributed by atoms with van der Waals surface area (Å²) in [6.07, 6.45) is 0. The molecule has 0 bridgehead atoms. The highest BCUT2D eigenvalue weighted by molar-refractivity contribution is 6.09. The fourth-order valence-corrected chi connectivity index (χ4v) is 2.58. The Morgan fingerprint density at radius 1 is 1.21 bits per heavy atom. The number of hydrogen-bond donors (Lipinski definition) is 1. The lowest BCUT2D eigenvalue weighted by molar-refractivity contribution is -0.147. The molecule has 0 aromatic heterocycles. The maximum Gasteiger partial charge on any atom is 0.280 e. The van der Waals surface area contributed by atoms with Gasteiger partial charge in [0.2, 0.25) is 5.91 Å². The molecular weight excluding hydrogens is 308 g/mol. The number of likely N-dealkylation sites (N-methyl/N-ethyl adjacent to an activating group) is 1. The zero-order valence-electron chi connectivity index (χ0n) is 14.4. The predicted octanol–water partition coefficient (Wildman–Crippen LogP) is 2.56. The van der Waals surface area contributed by atoms with Crippen molar-refractivity contribution in [3.05, 3.63) is 40.6 Å². The lowest BCUT2D eigenvalue weighted by Gasteiger charge is -2.30. The number of amides is 2. The molecule has 0 aliphatic carbocycles. The van der Waals surface area contributed by atoms with Gasteiger partial charge in [-0.2, -0.15) is 5.11 Å². The SMILES string of the molecule is CCN1C(=O)C(N=Nc2cc(C)ccc2C)=C(C)C(CON)C1=O. The number of imide groups is 1. The van der Waals surface area contributed by atoms with Crippen molar-refractivity contribution < 1.29 is 14.4 Å². The minimum Gasteiger partial charge on any atom is -0.303 e. The van der Waals surface area contributed by atoms with Gasteiger partial charge in [-0.1, -0.05) is 12.1 Å². The zero-order valence-corrected chi connectivity index (χ0v) is 14.4. The van der Waals surface area contributed by atoms with Gasteiger partial charge in [-0.05, 0) is 50.5 Å². The predicted molar refractivity (Wildman–Crippen MR) is 89.2 cm³/mol. The van der Waals surface area contributed by atoms with Crippen LogP contribution in [0.25, 0.3) is 0 Å². The van der Waals surface area contributed by atoms with Crippen LogP contribution in [0.1, 0.15) is 25.0 Å². The number of carbonyl (C=O) groups is 2. The Kier molecular flexibility index (Phi) is 5.58. The van der Waals surface area contributed by atoms with Gasteiger partial charge in [0, 0.05) is 6.54 Å². The monoisotopic (exact) mass is 330 g/mol. The Hall–Kier alpha value is -2.38. The van der Waals surface area contributed by atoms with Crippen LogP contribution in [0.15, 0.2) is 39.7 Å². The van der Waals surface area contributed by atoms with E-state index >= 15 is 0 Å². The number of nitrogens with zero attached hydrogens (tertiary/aromatic N) is 3. The molecule has 1 aliphatic heterocycles. The van der Waals surface area contributed by atoms with Crippen LogP contribution in [-0.2, 0) is 14.4 Å². The van der Waals surface area contributed by atoms with Gasteiger partial charge in [0.05, 0.1) is 18.2 Å². The molecule has 0 saturated carbocycles. The summed E-state index contributed by atoms with van der Waals surface area (Å²) < 4.78 is 0. The van der Waals surface area contributed by atoms with E-state index in [4.69, 9.17) is 5.90 Å². The van der Waals surface area contributed by atoms with Crippen molar-refractivity contribution in [2.24, 2.45) is 22.0 Å². The molecule has 2 rings (SSSR count). The fourth-order valence-electron chi connectivity index (χ4n) is 2.58. The second-order valence-corrected chi connectivity index (χ2v) is 5.80. The average molecular weight is 330 g/mol. The van der Waals surface area contributed by atoms with E-state index in [2.05, 4.69) is 15.1 Å². The van der Waals surface area contributed by atoms with Crippen LogP contribution in [0.5, 0.6) is 0 Å². The molecule has 1 atom stereocenters. The van der Waals surface area contributed by atoms with Crippen molar-refractivity contribution in [1.29, 1.82) is 0 Å². The maximum atomic E-state index is 12.5. The number of nitrogens with two attached hydrogens (primary N) is 1. The van der Waals surface area contributed by atoms with E-state index in [-0.39, 0.29) is 24.8 Å². The van der Waals surface area contributed by atoms with Crippen LogP contribution >= 0.6 is 0 Å². The van der Waals surface area contributed by atoms with Crippen LogP contribution < -0.4 is 5.90 Å². The molecular formula is C17H22N4O3. The summed E-state index contributed by atoms with van der Waals surface area (Å²) >= 11 is 0. The molecule has 1 aromatic carbocycles. The summed E-state index contributed by atoms with van der Waals surface area (Å²) in [5.41, 5.74) is 3.38. The lowest BCUT2D eigenvalue weighted by atomic mass is 9.93. The van der Waals surface area contributed by atoms with Crippen molar-refractivity contribution in [2.45, 2.75) is 27.7 Å². The highest BCUT2D eigenvalue weighted by Crippen LogP contribution is 2.28. The standard InChI is InChI=1S/C17H22N4O3/c1-5-21-16(22)13(9-24-18)12(4)15(17(21)23)20-19-14-8-10(2)6-7-11(14)3/h6-8,13H,5,9,18H2,1-4H3. The van der Waals surface area contributed by atoms with E-state index in [1.54, 1.807) is 13.8 Å². The largest absolute Gasteiger partial charge is 0.303 e. The first kappa shape index (κ1) is 18.0. The van der Waals surface area contributed by atoms with E-state index < -0.39 is 11.8 Å². The molecule has 1 aliphatic rings. The summed E-state index contributed by atoms with van der Waals surface area (Å²) in [7, 11) is 0. The highest BCUT2D eigenvalue weighted by atomic mass is 16.6. The minimum atomic E-state index is -0.625. The Morgan fingerprint density at radius 3 is 2.54 bits per heavy atom. The Labute approximate surface area is 141 Å². The van der Waals surface area contributed by atoms with Crippen LogP contribution in [0.3, 0.4) is 0 Å². The number of azo groups is 1. The molecule has 2 N–H and O–H groups in total. The highest BCUT2D eigenvalue weighted by Gasteiger charge is 2.38. The molecule has 7 heteroatoms. The molecule has 1 heterocycles. The topological polar surface area (TPSA) is 97.3 Å².